The zero-order chi connectivity index (χ0) is 13.1. The van der Waals surface area contributed by atoms with Gasteiger partial charge in [0.15, 0.2) is 0 Å². The molecule has 0 aromatic heterocycles. The summed E-state index contributed by atoms with van der Waals surface area (Å²) in [5, 5.41) is 22.3. The van der Waals surface area contributed by atoms with Crippen LogP contribution in [0.4, 0.5) is 5.69 Å². The van der Waals surface area contributed by atoms with Gasteiger partial charge in [0.2, 0.25) is 0 Å². The number of nitrogens with one attached hydrogen (secondary N) is 1. The standard InChI is InChI=1S/C12H14N2O4.ClH/c15-12(16)11-6-9(7-13-11)5-8-1-3-10(4-2-8)14(17)18;/h1-4,9,11,13H,5-7H2,(H,15,16);1H/t9-,11+;/m0./s1. The highest BCUT2D eigenvalue weighted by Gasteiger charge is 2.28. The van der Waals surface area contributed by atoms with Gasteiger partial charge in [-0.05, 0) is 30.9 Å². The second-order valence-corrected chi connectivity index (χ2v) is 4.53. The second kappa shape index (κ2) is 6.49. The van der Waals surface area contributed by atoms with Crippen molar-refractivity contribution in [2.45, 2.75) is 18.9 Å². The largest absolute Gasteiger partial charge is 0.480 e. The summed E-state index contributed by atoms with van der Waals surface area (Å²) in [5.41, 5.74) is 1.07. The van der Waals surface area contributed by atoms with Crippen LogP contribution in [0.2, 0.25) is 0 Å². The van der Waals surface area contributed by atoms with Crippen molar-refractivity contribution in [3.05, 3.63) is 39.9 Å². The van der Waals surface area contributed by atoms with E-state index in [1.165, 1.54) is 12.1 Å². The van der Waals surface area contributed by atoms with Crippen LogP contribution in [0.1, 0.15) is 12.0 Å². The van der Waals surface area contributed by atoms with Gasteiger partial charge >= 0.3 is 5.97 Å². The first-order valence-corrected chi connectivity index (χ1v) is 5.76. The third-order valence-corrected chi connectivity index (χ3v) is 3.19. The van der Waals surface area contributed by atoms with E-state index in [0.29, 0.717) is 13.0 Å². The maximum absolute atomic E-state index is 10.8. The van der Waals surface area contributed by atoms with Crippen LogP contribution in [-0.4, -0.2) is 28.6 Å². The maximum atomic E-state index is 10.8. The van der Waals surface area contributed by atoms with Crippen LogP contribution in [0.3, 0.4) is 0 Å². The molecular formula is C12H15ClN2O4. The van der Waals surface area contributed by atoms with Gasteiger partial charge < -0.3 is 10.4 Å². The van der Waals surface area contributed by atoms with Gasteiger partial charge in [0, 0.05) is 12.1 Å². The molecule has 7 heteroatoms. The fraction of sp³-hybridized carbons (Fsp3) is 0.417. The van der Waals surface area contributed by atoms with Crippen LogP contribution >= 0.6 is 12.4 Å². The minimum Gasteiger partial charge on any atom is -0.480 e. The normalized spacial score (nSPS) is 21.7. The third-order valence-electron chi connectivity index (χ3n) is 3.19. The van der Waals surface area contributed by atoms with Crippen molar-refractivity contribution in [1.82, 2.24) is 5.32 Å². The van der Waals surface area contributed by atoms with Gasteiger partial charge in [0.1, 0.15) is 6.04 Å². The average molecular weight is 287 g/mol. The monoisotopic (exact) mass is 286 g/mol. The Balaban J connectivity index is 0.00000180. The fourth-order valence-corrected chi connectivity index (χ4v) is 2.24. The Morgan fingerprint density at radius 2 is 2.05 bits per heavy atom. The number of nitro groups is 1. The SMILES string of the molecule is Cl.O=C(O)[C@H]1C[C@H](Cc2ccc([N+](=O)[O-])cc2)CN1. The van der Waals surface area contributed by atoms with Gasteiger partial charge in [-0.2, -0.15) is 0 Å². The molecule has 1 aliphatic heterocycles. The molecular weight excluding hydrogens is 272 g/mol. The molecule has 1 heterocycles. The minimum absolute atomic E-state index is 0. The molecule has 1 aromatic rings. The fourth-order valence-electron chi connectivity index (χ4n) is 2.24. The van der Waals surface area contributed by atoms with E-state index >= 15 is 0 Å². The number of non-ortho nitro benzene ring substituents is 1. The molecule has 0 radical (unpaired) electrons. The number of halogens is 1. The highest BCUT2D eigenvalue weighted by molar-refractivity contribution is 5.85. The second-order valence-electron chi connectivity index (χ2n) is 4.53. The van der Waals surface area contributed by atoms with Crippen molar-refractivity contribution < 1.29 is 14.8 Å². The summed E-state index contributed by atoms with van der Waals surface area (Å²) >= 11 is 0. The summed E-state index contributed by atoms with van der Waals surface area (Å²) < 4.78 is 0. The molecule has 2 rings (SSSR count). The summed E-state index contributed by atoms with van der Waals surface area (Å²) in [5.74, 6) is -0.547. The van der Waals surface area contributed by atoms with E-state index in [1.54, 1.807) is 12.1 Å². The van der Waals surface area contributed by atoms with Crippen LogP contribution in [0.15, 0.2) is 24.3 Å². The van der Waals surface area contributed by atoms with Crippen molar-refractivity contribution in [2.24, 2.45) is 5.92 Å². The molecule has 0 bridgehead atoms. The zero-order valence-electron chi connectivity index (χ0n) is 10.1. The number of benzene rings is 1. The summed E-state index contributed by atoms with van der Waals surface area (Å²) in [6.07, 6.45) is 1.35. The first-order chi connectivity index (χ1) is 8.56. The van der Waals surface area contributed by atoms with Crippen LogP contribution in [0.25, 0.3) is 0 Å². The summed E-state index contributed by atoms with van der Waals surface area (Å²) in [4.78, 5) is 20.9. The molecule has 0 amide bonds. The number of hydrogen-bond donors (Lipinski definition) is 2. The number of carbonyl (C=O) groups is 1. The number of carboxylic acids is 1. The molecule has 6 nitrogen and oxygen atoms in total. The molecule has 0 aliphatic carbocycles. The van der Waals surface area contributed by atoms with Gasteiger partial charge in [0.25, 0.3) is 5.69 Å². The number of nitro benzene ring substituents is 1. The van der Waals surface area contributed by atoms with Crippen LogP contribution in [-0.2, 0) is 11.2 Å². The van der Waals surface area contributed by atoms with E-state index in [4.69, 9.17) is 5.11 Å². The van der Waals surface area contributed by atoms with Crippen molar-refractivity contribution >= 4 is 24.1 Å². The molecule has 0 saturated carbocycles. The molecule has 1 aromatic carbocycles. The molecule has 1 aliphatic rings. The van der Waals surface area contributed by atoms with E-state index in [9.17, 15) is 14.9 Å². The number of hydrogen-bond acceptors (Lipinski definition) is 4. The van der Waals surface area contributed by atoms with Gasteiger partial charge in [-0.25, -0.2) is 0 Å². The molecule has 1 saturated heterocycles. The van der Waals surface area contributed by atoms with Crippen molar-refractivity contribution in [1.29, 1.82) is 0 Å². The van der Waals surface area contributed by atoms with Crippen molar-refractivity contribution in [2.75, 3.05) is 6.54 Å². The smallest absolute Gasteiger partial charge is 0.320 e. The Kier molecular flexibility index (Phi) is 5.26. The third kappa shape index (κ3) is 3.90. The van der Waals surface area contributed by atoms with Gasteiger partial charge in [0.05, 0.1) is 4.92 Å². The summed E-state index contributed by atoms with van der Waals surface area (Å²) in [6.45, 7) is 0.675. The Bertz CT molecular complexity index is 463. The summed E-state index contributed by atoms with van der Waals surface area (Å²) in [6, 6.07) is 5.95. The molecule has 1 fully saturated rings. The Labute approximate surface area is 116 Å². The van der Waals surface area contributed by atoms with E-state index in [0.717, 1.165) is 12.0 Å². The Hall–Kier alpha value is -1.66. The lowest BCUT2D eigenvalue weighted by molar-refractivity contribution is -0.384. The van der Waals surface area contributed by atoms with E-state index in [2.05, 4.69) is 5.32 Å². The van der Waals surface area contributed by atoms with Crippen LogP contribution < -0.4 is 5.32 Å². The number of rotatable bonds is 4. The number of carboxylic acid groups (broad SMARTS) is 1. The highest BCUT2D eigenvalue weighted by Crippen LogP contribution is 2.21. The maximum Gasteiger partial charge on any atom is 0.320 e. The minimum atomic E-state index is -0.818. The lowest BCUT2D eigenvalue weighted by atomic mass is 9.96. The topological polar surface area (TPSA) is 92.5 Å². The van der Waals surface area contributed by atoms with E-state index in [-0.39, 0.29) is 24.0 Å². The quantitative estimate of drug-likeness (QED) is 0.648. The lowest BCUT2D eigenvalue weighted by Gasteiger charge is -2.08. The number of aliphatic carboxylic acids is 1. The van der Waals surface area contributed by atoms with E-state index in [1.807, 2.05) is 0 Å². The summed E-state index contributed by atoms with van der Waals surface area (Å²) in [7, 11) is 0. The molecule has 0 unspecified atom stereocenters. The van der Waals surface area contributed by atoms with E-state index < -0.39 is 16.9 Å². The van der Waals surface area contributed by atoms with Gasteiger partial charge in [-0.1, -0.05) is 12.1 Å². The number of nitrogens with zero attached hydrogens (tertiary/aromatic N) is 1. The molecule has 0 spiro atoms. The van der Waals surface area contributed by atoms with Gasteiger partial charge in [-0.3, -0.25) is 14.9 Å². The molecule has 2 atom stereocenters. The average Bonchev–Trinajstić information content (AvgIpc) is 2.78. The molecule has 2 N–H and O–H groups in total. The first kappa shape index (κ1) is 15.4. The predicted molar refractivity (Wildman–Crippen MR) is 71.6 cm³/mol. The lowest BCUT2D eigenvalue weighted by Crippen LogP contribution is -2.29. The molecule has 104 valence electrons. The zero-order valence-corrected chi connectivity index (χ0v) is 10.9. The predicted octanol–water partition coefficient (Wildman–Crippen LogP) is 1.62. The Morgan fingerprint density at radius 1 is 1.42 bits per heavy atom. The van der Waals surface area contributed by atoms with Crippen LogP contribution in [0.5, 0.6) is 0 Å². The Morgan fingerprint density at radius 3 is 2.53 bits per heavy atom. The highest BCUT2D eigenvalue weighted by atomic mass is 35.5. The van der Waals surface area contributed by atoms with Crippen molar-refractivity contribution in [3.8, 4) is 0 Å². The van der Waals surface area contributed by atoms with Crippen molar-refractivity contribution in [3.63, 3.8) is 0 Å². The molecule has 19 heavy (non-hydrogen) atoms. The van der Waals surface area contributed by atoms with Gasteiger partial charge in [-0.15, -0.1) is 12.4 Å². The first-order valence-electron chi connectivity index (χ1n) is 5.76. The van der Waals surface area contributed by atoms with Crippen LogP contribution in [0, 0.1) is 16.0 Å².